The fourth-order valence-electron chi connectivity index (χ4n) is 3.95. The third-order valence-corrected chi connectivity index (χ3v) is 5.95. The van der Waals surface area contributed by atoms with E-state index in [0.29, 0.717) is 22.7 Å². The number of thiol groups is 1. The number of benzene rings is 3. The zero-order valence-electron chi connectivity index (χ0n) is 17.5. The first-order chi connectivity index (χ1) is 16.1. The van der Waals surface area contributed by atoms with Crippen LogP contribution in [0.15, 0.2) is 87.9 Å². The van der Waals surface area contributed by atoms with Gasteiger partial charge >= 0.3 is 0 Å². The molecule has 1 amide bonds. The fraction of sp³-hybridized carbons (Fsp3) is 0.0800. The number of fused-ring (bicyclic) bond motifs is 1. The Labute approximate surface area is 195 Å². The number of methoxy groups -OCH3 is 1. The van der Waals surface area contributed by atoms with E-state index in [-0.39, 0.29) is 10.6 Å². The quantitative estimate of drug-likeness (QED) is 0.430. The van der Waals surface area contributed by atoms with Crippen LogP contribution >= 0.6 is 12.6 Å². The Morgan fingerprint density at radius 2 is 1.88 bits per heavy atom. The molecule has 1 unspecified atom stereocenters. The van der Waals surface area contributed by atoms with Gasteiger partial charge in [-0.15, -0.1) is 12.6 Å². The van der Waals surface area contributed by atoms with Gasteiger partial charge in [0.25, 0.3) is 5.91 Å². The van der Waals surface area contributed by atoms with E-state index >= 15 is 0 Å². The lowest BCUT2D eigenvalue weighted by atomic mass is 10.0. The number of amides is 1. The predicted octanol–water partition coefficient (Wildman–Crippen LogP) is 4.80. The van der Waals surface area contributed by atoms with Gasteiger partial charge in [0, 0.05) is 5.56 Å². The van der Waals surface area contributed by atoms with Crippen molar-refractivity contribution in [3.63, 3.8) is 0 Å². The standard InChI is InChI=1S/C25H18N4O3S/c1-31-21-10-6-5-9-20(21)29-23(27-24(30)18(14-26)25(29)33)16-11-12-19-17(13-16)22(32-28-19)15-7-3-2-4-8-15/h2-13,23,33H,1H3,(H,27,30). The summed E-state index contributed by atoms with van der Waals surface area (Å²) in [5.74, 6) is 0.726. The van der Waals surface area contributed by atoms with Crippen LogP contribution in [0.25, 0.3) is 22.2 Å². The van der Waals surface area contributed by atoms with E-state index in [9.17, 15) is 10.1 Å². The summed E-state index contributed by atoms with van der Waals surface area (Å²) in [6.07, 6.45) is -0.638. The van der Waals surface area contributed by atoms with Crippen LogP contribution in [-0.4, -0.2) is 18.2 Å². The summed E-state index contributed by atoms with van der Waals surface area (Å²) in [5, 5.41) is 17.7. The molecule has 0 spiro atoms. The van der Waals surface area contributed by atoms with Gasteiger partial charge in [0.2, 0.25) is 0 Å². The largest absolute Gasteiger partial charge is 0.495 e. The maximum atomic E-state index is 12.7. The molecule has 5 rings (SSSR count). The van der Waals surface area contributed by atoms with Crippen molar-refractivity contribution in [2.45, 2.75) is 6.17 Å². The predicted molar refractivity (Wildman–Crippen MR) is 127 cm³/mol. The van der Waals surface area contributed by atoms with Crippen LogP contribution in [0.3, 0.4) is 0 Å². The van der Waals surface area contributed by atoms with Gasteiger partial charge in [-0.3, -0.25) is 4.79 Å². The summed E-state index contributed by atoms with van der Waals surface area (Å²) in [6.45, 7) is 0. The van der Waals surface area contributed by atoms with Gasteiger partial charge in [-0.1, -0.05) is 53.7 Å². The third-order valence-electron chi connectivity index (χ3n) is 5.51. The molecule has 1 N–H and O–H groups in total. The Morgan fingerprint density at radius 3 is 2.64 bits per heavy atom. The molecular weight excluding hydrogens is 436 g/mol. The summed E-state index contributed by atoms with van der Waals surface area (Å²) in [5.41, 5.74) is 2.95. The Hall–Kier alpha value is -4.22. The second-order valence-electron chi connectivity index (χ2n) is 7.38. The second-order valence-corrected chi connectivity index (χ2v) is 7.81. The molecule has 7 nitrogen and oxygen atoms in total. The number of nitriles is 1. The lowest BCUT2D eigenvalue weighted by Crippen LogP contribution is -2.46. The molecule has 3 aromatic carbocycles. The van der Waals surface area contributed by atoms with Crippen molar-refractivity contribution in [1.29, 1.82) is 5.26 Å². The van der Waals surface area contributed by atoms with Crippen LogP contribution in [0.1, 0.15) is 11.7 Å². The number of hydrogen-bond donors (Lipinski definition) is 2. The topological polar surface area (TPSA) is 91.4 Å². The maximum absolute atomic E-state index is 12.7. The Bertz CT molecular complexity index is 1440. The number of nitrogens with one attached hydrogen (secondary N) is 1. The fourth-order valence-corrected chi connectivity index (χ4v) is 4.32. The molecule has 1 atom stereocenters. The van der Waals surface area contributed by atoms with Gasteiger partial charge in [0.15, 0.2) is 5.76 Å². The first-order valence-corrected chi connectivity index (χ1v) is 10.6. The van der Waals surface area contributed by atoms with Crippen molar-refractivity contribution in [3.8, 4) is 23.1 Å². The molecule has 4 aromatic rings. The van der Waals surface area contributed by atoms with Crippen LogP contribution in [0.4, 0.5) is 5.69 Å². The van der Waals surface area contributed by atoms with Gasteiger partial charge in [-0.25, -0.2) is 0 Å². The average Bonchev–Trinajstić information content (AvgIpc) is 3.28. The highest BCUT2D eigenvalue weighted by molar-refractivity contribution is 7.84. The number of anilines is 1. The Morgan fingerprint density at radius 1 is 1.12 bits per heavy atom. The van der Waals surface area contributed by atoms with Crippen molar-refractivity contribution in [2.75, 3.05) is 12.0 Å². The molecule has 1 aromatic heterocycles. The van der Waals surface area contributed by atoms with Crippen LogP contribution in [0.2, 0.25) is 0 Å². The smallest absolute Gasteiger partial charge is 0.266 e. The molecule has 162 valence electrons. The van der Waals surface area contributed by atoms with Crippen molar-refractivity contribution >= 4 is 35.1 Å². The minimum Gasteiger partial charge on any atom is -0.495 e. The second kappa shape index (κ2) is 8.37. The van der Waals surface area contributed by atoms with Crippen molar-refractivity contribution in [3.05, 3.63) is 89.0 Å². The van der Waals surface area contributed by atoms with Crippen molar-refractivity contribution in [1.82, 2.24) is 10.5 Å². The van der Waals surface area contributed by atoms with Gasteiger partial charge < -0.3 is 19.5 Å². The molecular formula is C25H18N4O3S. The molecule has 0 bridgehead atoms. The van der Waals surface area contributed by atoms with E-state index in [4.69, 9.17) is 9.26 Å². The van der Waals surface area contributed by atoms with Crippen molar-refractivity contribution < 1.29 is 14.1 Å². The average molecular weight is 455 g/mol. The SMILES string of the molecule is COc1ccccc1N1C(S)=C(C#N)C(=O)NC1c1ccc2noc(-c3ccccc3)c2c1. The van der Waals surface area contributed by atoms with E-state index < -0.39 is 12.1 Å². The number of carbonyl (C=O) groups is 1. The summed E-state index contributed by atoms with van der Waals surface area (Å²) >= 11 is 4.57. The molecule has 1 aliphatic heterocycles. The van der Waals surface area contributed by atoms with Crippen molar-refractivity contribution in [2.24, 2.45) is 0 Å². The van der Waals surface area contributed by atoms with Crippen LogP contribution in [-0.2, 0) is 4.79 Å². The minimum atomic E-state index is -0.638. The van der Waals surface area contributed by atoms with Gasteiger partial charge in [0.1, 0.15) is 29.1 Å². The lowest BCUT2D eigenvalue weighted by Gasteiger charge is -2.38. The number of para-hydroxylation sites is 2. The number of carbonyl (C=O) groups excluding carboxylic acids is 1. The van der Waals surface area contributed by atoms with E-state index in [1.54, 1.807) is 12.0 Å². The van der Waals surface area contributed by atoms with E-state index in [2.05, 4.69) is 23.1 Å². The maximum Gasteiger partial charge on any atom is 0.266 e. The highest BCUT2D eigenvalue weighted by atomic mass is 32.1. The Balaban J connectivity index is 1.69. The van der Waals surface area contributed by atoms with Crippen LogP contribution in [0.5, 0.6) is 5.75 Å². The molecule has 8 heteroatoms. The monoisotopic (exact) mass is 454 g/mol. The van der Waals surface area contributed by atoms with E-state index in [1.165, 1.54) is 0 Å². The van der Waals surface area contributed by atoms with Crippen LogP contribution < -0.4 is 15.0 Å². The zero-order chi connectivity index (χ0) is 22.9. The summed E-state index contributed by atoms with van der Waals surface area (Å²) in [6, 6.07) is 24.6. The first kappa shape index (κ1) is 20.7. The minimum absolute atomic E-state index is 0.0727. The van der Waals surface area contributed by atoms with E-state index in [0.717, 1.165) is 16.5 Å². The van der Waals surface area contributed by atoms with Gasteiger partial charge in [-0.05, 0) is 29.8 Å². The summed E-state index contributed by atoms with van der Waals surface area (Å²) < 4.78 is 11.2. The number of nitrogens with zero attached hydrogens (tertiary/aromatic N) is 3. The molecule has 1 aliphatic rings. The van der Waals surface area contributed by atoms with Gasteiger partial charge in [-0.2, -0.15) is 5.26 Å². The molecule has 0 aliphatic carbocycles. The molecule has 2 heterocycles. The highest BCUT2D eigenvalue weighted by Crippen LogP contribution is 2.41. The normalized spacial score (nSPS) is 16.0. The molecule has 0 saturated carbocycles. The molecule has 33 heavy (non-hydrogen) atoms. The van der Waals surface area contributed by atoms with E-state index in [1.807, 2.05) is 78.9 Å². The van der Waals surface area contributed by atoms with Gasteiger partial charge in [0.05, 0.1) is 23.2 Å². The highest BCUT2D eigenvalue weighted by Gasteiger charge is 2.35. The third kappa shape index (κ3) is 3.49. The number of aromatic nitrogens is 1. The van der Waals surface area contributed by atoms with Crippen LogP contribution in [0, 0.1) is 11.3 Å². The molecule has 0 saturated heterocycles. The molecule has 0 fully saturated rings. The lowest BCUT2D eigenvalue weighted by molar-refractivity contribution is -0.118. The summed E-state index contributed by atoms with van der Waals surface area (Å²) in [4.78, 5) is 14.5. The number of hydrogen-bond acceptors (Lipinski definition) is 7. The first-order valence-electron chi connectivity index (χ1n) is 10.1. The zero-order valence-corrected chi connectivity index (χ0v) is 18.4. The summed E-state index contributed by atoms with van der Waals surface area (Å²) in [7, 11) is 1.57. The Kier molecular flexibility index (Phi) is 5.24. The molecule has 0 radical (unpaired) electrons. The number of ether oxygens (including phenoxy) is 1. The number of rotatable bonds is 4.